The van der Waals surface area contributed by atoms with Gasteiger partial charge in [0.05, 0.1) is 30.3 Å². The highest BCUT2D eigenvalue weighted by atomic mass is 79.9. The Balaban J connectivity index is 1.31. The molecule has 6 atom stereocenters. The molecule has 1 aromatic heterocycles. The average Bonchev–Trinajstić information content (AvgIpc) is 3.41. The molecular formula is C22H27BrFN3O3. The molecule has 1 saturated heterocycles. The van der Waals surface area contributed by atoms with Crippen LogP contribution in [0.1, 0.15) is 32.1 Å². The van der Waals surface area contributed by atoms with Crippen molar-refractivity contribution in [3.63, 3.8) is 0 Å². The van der Waals surface area contributed by atoms with Crippen molar-refractivity contribution < 1.29 is 18.7 Å². The molecule has 4 aliphatic rings. The minimum atomic E-state index is -0.995. The number of anilines is 1. The van der Waals surface area contributed by atoms with Crippen molar-refractivity contribution in [2.75, 3.05) is 25.0 Å². The first-order chi connectivity index (χ1) is 14.5. The lowest BCUT2D eigenvalue weighted by Crippen LogP contribution is -2.42. The summed E-state index contributed by atoms with van der Waals surface area (Å²) in [5.41, 5.74) is 0.763. The van der Waals surface area contributed by atoms with Crippen molar-refractivity contribution in [1.29, 1.82) is 0 Å². The first-order valence-corrected chi connectivity index (χ1v) is 11.7. The number of nitrogens with one attached hydrogen (secondary N) is 2. The number of rotatable bonds is 5. The second-order valence-corrected chi connectivity index (χ2v) is 10.1. The number of esters is 1. The van der Waals surface area contributed by atoms with Crippen LogP contribution < -0.4 is 10.6 Å². The number of hydrogen-bond donors (Lipinski definition) is 2. The quantitative estimate of drug-likeness (QED) is 0.500. The molecule has 8 heteroatoms. The number of alkyl halides is 1. The maximum absolute atomic E-state index is 14.1. The monoisotopic (exact) mass is 479 g/mol. The van der Waals surface area contributed by atoms with Gasteiger partial charge in [-0.25, -0.2) is 9.37 Å². The maximum atomic E-state index is 14.1. The number of carbonyl (C=O) groups excluding carboxylic acids is 2. The Bertz CT molecular complexity index is 831. The number of aromatic nitrogens is 1. The van der Waals surface area contributed by atoms with Crippen LogP contribution in [0.2, 0.25) is 0 Å². The average molecular weight is 480 g/mol. The molecule has 2 unspecified atom stereocenters. The minimum Gasteiger partial charge on any atom is -0.465 e. The Morgan fingerprint density at radius 3 is 2.67 bits per heavy atom. The van der Waals surface area contributed by atoms with Crippen LogP contribution in [-0.2, 0) is 14.3 Å². The number of pyridine rings is 1. The van der Waals surface area contributed by atoms with Gasteiger partial charge in [-0.2, -0.15) is 0 Å². The van der Waals surface area contributed by atoms with Gasteiger partial charge < -0.3 is 15.4 Å². The van der Waals surface area contributed by atoms with Crippen LogP contribution in [0.15, 0.2) is 22.9 Å². The Morgan fingerprint density at radius 1 is 1.23 bits per heavy atom. The molecule has 3 saturated carbocycles. The number of hydrogen-bond acceptors (Lipinski definition) is 5. The summed E-state index contributed by atoms with van der Waals surface area (Å²) < 4.78 is 20.5. The number of piperidine rings is 1. The second kappa shape index (κ2) is 7.86. The molecule has 4 fully saturated rings. The summed E-state index contributed by atoms with van der Waals surface area (Å²) >= 11 is 3.29. The smallest absolute Gasteiger partial charge is 0.310 e. The molecule has 1 spiro atoms. The molecule has 30 heavy (non-hydrogen) atoms. The zero-order valence-corrected chi connectivity index (χ0v) is 18.4. The summed E-state index contributed by atoms with van der Waals surface area (Å²) in [6.45, 7) is 1.16. The van der Waals surface area contributed by atoms with Gasteiger partial charge in [-0.05, 0) is 84.0 Å². The Kier molecular flexibility index (Phi) is 5.34. The van der Waals surface area contributed by atoms with Crippen molar-refractivity contribution in [2.45, 2.75) is 38.3 Å². The molecular weight excluding hydrogens is 453 g/mol. The summed E-state index contributed by atoms with van der Waals surface area (Å²) in [4.78, 5) is 30.6. The summed E-state index contributed by atoms with van der Waals surface area (Å²) in [5.74, 6) is -1.05. The third-order valence-electron chi connectivity index (χ3n) is 7.90. The highest BCUT2D eigenvalue weighted by Crippen LogP contribution is 2.74. The van der Waals surface area contributed by atoms with Gasteiger partial charge in [-0.1, -0.05) is 0 Å². The molecule has 1 amide bonds. The topological polar surface area (TPSA) is 80.3 Å². The van der Waals surface area contributed by atoms with E-state index in [4.69, 9.17) is 4.74 Å². The number of amides is 1. The van der Waals surface area contributed by atoms with Crippen molar-refractivity contribution in [3.8, 4) is 0 Å². The van der Waals surface area contributed by atoms with Crippen molar-refractivity contribution in [2.24, 2.45) is 35.0 Å². The molecule has 0 aromatic carbocycles. The van der Waals surface area contributed by atoms with Crippen LogP contribution in [0.4, 0.5) is 10.1 Å². The van der Waals surface area contributed by atoms with Crippen molar-refractivity contribution in [1.82, 2.24) is 10.3 Å². The molecule has 5 rings (SSSR count). The van der Waals surface area contributed by atoms with E-state index in [9.17, 15) is 14.0 Å². The van der Waals surface area contributed by atoms with E-state index in [1.807, 2.05) is 0 Å². The molecule has 3 aliphatic carbocycles. The fraction of sp³-hybridized carbons (Fsp3) is 0.682. The van der Waals surface area contributed by atoms with Gasteiger partial charge >= 0.3 is 5.97 Å². The normalized spacial score (nSPS) is 35.9. The lowest BCUT2D eigenvalue weighted by atomic mass is 9.78. The van der Waals surface area contributed by atoms with E-state index < -0.39 is 12.1 Å². The minimum absolute atomic E-state index is 0.105. The molecule has 1 aromatic rings. The van der Waals surface area contributed by atoms with E-state index in [0.717, 1.165) is 32.2 Å². The van der Waals surface area contributed by atoms with Crippen molar-refractivity contribution in [3.05, 3.63) is 22.9 Å². The SMILES string of the molecule is O=C(OCC1CCNCC1F)[C@H]1[C@H](C(=O)Nc2ccc(Br)nc2)[C@@H]2CC[C@H]1C21CC1. The fourth-order valence-corrected chi connectivity index (χ4v) is 6.58. The van der Waals surface area contributed by atoms with Crippen LogP contribution >= 0.6 is 15.9 Å². The zero-order chi connectivity index (χ0) is 20.9. The van der Waals surface area contributed by atoms with E-state index >= 15 is 0 Å². The Hall–Kier alpha value is -1.54. The van der Waals surface area contributed by atoms with Crippen molar-refractivity contribution >= 4 is 33.5 Å². The van der Waals surface area contributed by atoms with E-state index in [0.29, 0.717) is 23.3 Å². The summed E-state index contributed by atoms with van der Waals surface area (Å²) in [5, 5.41) is 5.98. The van der Waals surface area contributed by atoms with Gasteiger partial charge in [0.1, 0.15) is 10.8 Å². The van der Waals surface area contributed by atoms with E-state index in [2.05, 4.69) is 31.5 Å². The first-order valence-electron chi connectivity index (χ1n) is 10.9. The van der Waals surface area contributed by atoms with E-state index in [-0.39, 0.29) is 47.6 Å². The summed E-state index contributed by atoms with van der Waals surface area (Å²) in [6, 6.07) is 3.57. The largest absolute Gasteiger partial charge is 0.465 e. The standard InChI is InChI=1S/C22H27BrFN3O3/c23-17-4-1-13(9-26-17)27-20(28)18-14-2-3-15(22(14)6-7-22)19(18)21(29)30-11-12-5-8-25-10-16(12)24/h1,4,9,12,14-16,18-19,25H,2-3,5-8,10-11H2,(H,27,28)/t12?,14-,15+,16?,18+,19+/m0/s1. The Morgan fingerprint density at radius 2 is 2.00 bits per heavy atom. The predicted molar refractivity (Wildman–Crippen MR) is 112 cm³/mol. The predicted octanol–water partition coefficient (Wildman–Crippen LogP) is 3.33. The number of nitrogens with zero attached hydrogens (tertiary/aromatic N) is 1. The molecule has 0 radical (unpaired) electrons. The maximum Gasteiger partial charge on any atom is 0.310 e. The lowest BCUT2D eigenvalue weighted by molar-refractivity contribution is -0.157. The van der Waals surface area contributed by atoms with Crippen LogP contribution in [-0.4, -0.2) is 42.7 Å². The van der Waals surface area contributed by atoms with E-state index in [1.54, 1.807) is 18.3 Å². The van der Waals surface area contributed by atoms with Gasteiger partial charge in [-0.3, -0.25) is 9.59 Å². The zero-order valence-electron chi connectivity index (χ0n) is 16.8. The van der Waals surface area contributed by atoms with Gasteiger partial charge in [0.15, 0.2) is 0 Å². The van der Waals surface area contributed by atoms with Gasteiger partial charge in [0, 0.05) is 12.5 Å². The second-order valence-electron chi connectivity index (χ2n) is 9.33. The molecule has 6 nitrogen and oxygen atoms in total. The van der Waals surface area contributed by atoms with Gasteiger partial charge in [-0.15, -0.1) is 0 Å². The summed E-state index contributed by atoms with van der Waals surface area (Å²) in [6.07, 6.45) is 5.43. The lowest BCUT2D eigenvalue weighted by Gasteiger charge is -2.30. The molecule has 2 bridgehead atoms. The number of carbonyl (C=O) groups is 2. The molecule has 2 N–H and O–H groups in total. The highest BCUT2D eigenvalue weighted by molar-refractivity contribution is 9.10. The van der Waals surface area contributed by atoms with Crippen LogP contribution in [0, 0.1) is 35.0 Å². The number of ether oxygens (including phenoxy) is 1. The molecule has 2 heterocycles. The number of halogens is 2. The highest BCUT2D eigenvalue weighted by Gasteiger charge is 2.72. The third-order valence-corrected chi connectivity index (χ3v) is 8.37. The molecule has 162 valence electrons. The Labute approximate surface area is 183 Å². The van der Waals surface area contributed by atoms with Crippen LogP contribution in [0.5, 0.6) is 0 Å². The van der Waals surface area contributed by atoms with Crippen LogP contribution in [0.3, 0.4) is 0 Å². The first kappa shape index (κ1) is 20.4. The van der Waals surface area contributed by atoms with Crippen LogP contribution in [0.25, 0.3) is 0 Å². The summed E-state index contributed by atoms with van der Waals surface area (Å²) in [7, 11) is 0. The molecule has 1 aliphatic heterocycles. The van der Waals surface area contributed by atoms with Gasteiger partial charge in [0.25, 0.3) is 0 Å². The fourth-order valence-electron chi connectivity index (χ4n) is 6.35. The van der Waals surface area contributed by atoms with E-state index in [1.165, 1.54) is 0 Å². The van der Waals surface area contributed by atoms with Gasteiger partial charge in [0.2, 0.25) is 5.91 Å². The third kappa shape index (κ3) is 3.45.